The number of nitrogen functional groups attached to an aromatic ring is 1. The third-order valence-electron chi connectivity index (χ3n) is 3.17. The first kappa shape index (κ1) is 14.9. The van der Waals surface area contributed by atoms with Crippen molar-refractivity contribution in [2.45, 2.75) is 20.8 Å². The highest BCUT2D eigenvalue weighted by molar-refractivity contribution is 5.91. The maximum atomic E-state index is 11.9. The molecule has 0 saturated heterocycles. The Kier molecular flexibility index (Phi) is 4.48. The lowest BCUT2D eigenvalue weighted by Crippen LogP contribution is -2.20. The van der Waals surface area contributed by atoms with Crippen molar-refractivity contribution in [3.63, 3.8) is 0 Å². The molecule has 0 unspecified atom stereocenters. The Morgan fingerprint density at radius 1 is 1.10 bits per heavy atom. The molecule has 21 heavy (non-hydrogen) atoms. The van der Waals surface area contributed by atoms with Gasteiger partial charge in [-0.1, -0.05) is 17.7 Å². The van der Waals surface area contributed by atoms with Crippen molar-refractivity contribution in [2.24, 2.45) is 0 Å². The van der Waals surface area contributed by atoms with Crippen molar-refractivity contribution in [1.82, 2.24) is 0 Å². The van der Waals surface area contributed by atoms with E-state index < -0.39 is 0 Å². The summed E-state index contributed by atoms with van der Waals surface area (Å²) in [5.74, 6) is 0.526. The van der Waals surface area contributed by atoms with Crippen molar-refractivity contribution >= 4 is 17.3 Å². The van der Waals surface area contributed by atoms with Crippen molar-refractivity contribution in [2.75, 3.05) is 17.7 Å². The number of nitrogens with two attached hydrogens (primary N) is 1. The first-order chi connectivity index (χ1) is 9.95. The van der Waals surface area contributed by atoms with Gasteiger partial charge in [0, 0.05) is 11.4 Å². The number of amides is 1. The van der Waals surface area contributed by atoms with Gasteiger partial charge in [0.1, 0.15) is 5.75 Å². The number of carbonyl (C=O) groups excluding carboxylic acids is 1. The molecule has 110 valence electrons. The highest BCUT2D eigenvalue weighted by atomic mass is 16.5. The lowest BCUT2D eigenvalue weighted by atomic mass is 10.1. The fourth-order valence-electron chi connectivity index (χ4n) is 2.18. The van der Waals surface area contributed by atoms with Gasteiger partial charge in [0.05, 0.1) is 0 Å². The van der Waals surface area contributed by atoms with E-state index in [0.29, 0.717) is 11.4 Å². The predicted octanol–water partition coefficient (Wildman–Crippen LogP) is 3.21. The number of ether oxygens (including phenoxy) is 1. The monoisotopic (exact) mass is 284 g/mol. The molecule has 4 heteroatoms. The Morgan fingerprint density at radius 2 is 1.67 bits per heavy atom. The molecule has 0 aliphatic carbocycles. The topological polar surface area (TPSA) is 64.3 Å². The molecule has 0 aliphatic rings. The van der Waals surface area contributed by atoms with Crippen LogP contribution < -0.4 is 15.8 Å². The van der Waals surface area contributed by atoms with Crippen LogP contribution in [0.2, 0.25) is 0 Å². The van der Waals surface area contributed by atoms with Gasteiger partial charge in [0.2, 0.25) is 0 Å². The summed E-state index contributed by atoms with van der Waals surface area (Å²) in [6, 6.07) is 11.3. The number of anilines is 2. The first-order valence-electron chi connectivity index (χ1n) is 6.82. The quantitative estimate of drug-likeness (QED) is 0.847. The van der Waals surface area contributed by atoms with Gasteiger partial charge in [-0.05, 0) is 56.2 Å². The van der Waals surface area contributed by atoms with Crippen LogP contribution in [0.1, 0.15) is 16.7 Å². The van der Waals surface area contributed by atoms with Crippen LogP contribution in [-0.2, 0) is 4.79 Å². The zero-order valence-electron chi connectivity index (χ0n) is 12.6. The maximum Gasteiger partial charge on any atom is 0.262 e. The zero-order chi connectivity index (χ0) is 15.4. The molecule has 0 spiro atoms. The molecule has 3 N–H and O–H groups in total. The molecular formula is C17H20N2O2. The van der Waals surface area contributed by atoms with Gasteiger partial charge in [0.15, 0.2) is 6.61 Å². The average Bonchev–Trinajstić information content (AvgIpc) is 2.40. The molecule has 0 fully saturated rings. The molecule has 0 aromatic heterocycles. The van der Waals surface area contributed by atoms with Crippen LogP contribution in [-0.4, -0.2) is 12.5 Å². The normalized spacial score (nSPS) is 10.2. The van der Waals surface area contributed by atoms with E-state index in [4.69, 9.17) is 10.5 Å². The number of rotatable bonds is 4. The van der Waals surface area contributed by atoms with E-state index in [-0.39, 0.29) is 12.5 Å². The van der Waals surface area contributed by atoms with Gasteiger partial charge < -0.3 is 15.8 Å². The number of benzene rings is 2. The second kappa shape index (κ2) is 6.31. The molecule has 2 aromatic rings. The van der Waals surface area contributed by atoms with Gasteiger partial charge in [-0.3, -0.25) is 4.79 Å². The van der Waals surface area contributed by atoms with Crippen LogP contribution in [0.15, 0.2) is 36.4 Å². The molecule has 0 heterocycles. The summed E-state index contributed by atoms with van der Waals surface area (Å²) in [5, 5.41) is 2.80. The molecule has 2 rings (SSSR count). The Labute approximate surface area is 124 Å². The standard InChI is InChI=1S/C17H20N2O2/c1-11-4-6-15(7-5-11)19-16(20)10-21-17-12(2)8-14(18)9-13(17)3/h4-9H,10,18H2,1-3H3,(H,19,20). The minimum atomic E-state index is -0.186. The van der Waals surface area contributed by atoms with Crippen LogP contribution in [0.25, 0.3) is 0 Å². The van der Waals surface area contributed by atoms with E-state index in [1.54, 1.807) is 0 Å². The van der Waals surface area contributed by atoms with Crippen molar-refractivity contribution in [1.29, 1.82) is 0 Å². The van der Waals surface area contributed by atoms with Gasteiger partial charge in [-0.2, -0.15) is 0 Å². The van der Waals surface area contributed by atoms with E-state index in [2.05, 4.69) is 5.32 Å². The number of hydrogen-bond donors (Lipinski definition) is 2. The predicted molar refractivity (Wildman–Crippen MR) is 85.6 cm³/mol. The summed E-state index contributed by atoms with van der Waals surface area (Å²) in [7, 11) is 0. The lowest BCUT2D eigenvalue weighted by molar-refractivity contribution is -0.118. The van der Waals surface area contributed by atoms with Gasteiger partial charge in [-0.25, -0.2) is 0 Å². The third kappa shape index (κ3) is 3.99. The molecule has 1 amide bonds. The van der Waals surface area contributed by atoms with Gasteiger partial charge in [0.25, 0.3) is 5.91 Å². The summed E-state index contributed by atoms with van der Waals surface area (Å²) < 4.78 is 5.61. The van der Waals surface area contributed by atoms with E-state index in [9.17, 15) is 4.79 Å². The van der Waals surface area contributed by atoms with Crippen LogP contribution in [0.5, 0.6) is 5.75 Å². The summed E-state index contributed by atoms with van der Waals surface area (Å²) >= 11 is 0. The third-order valence-corrected chi connectivity index (χ3v) is 3.17. The molecule has 0 atom stereocenters. The highest BCUT2D eigenvalue weighted by Gasteiger charge is 2.08. The molecule has 0 saturated carbocycles. The molecule has 2 aromatic carbocycles. The average molecular weight is 284 g/mol. The van der Waals surface area contributed by atoms with E-state index in [0.717, 1.165) is 22.4 Å². The van der Waals surface area contributed by atoms with Crippen molar-refractivity contribution in [3.05, 3.63) is 53.1 Å². The second-order valence-corrected chi connectivity index (χ2v) is 5.19. The minimum Gasteiger partial charge on any atom is -0.483 e. The Balaban J connectivity index is 1.97. The zero-order valence-corrected chi connectivity index (χ0v) is 12.6. The van der Waals surface area contributed by atoms with E-state index in [1.165, 1.54) is 0 Å². The summed E-state index contributed by atoms with van der Waals surface area (Å²) in [6.07, 6.45) is 0. The Morgan fingerprint density at radius 3 is 2.24 bits per heavy atom. The van der Waals surface area contributed by atoms with Crippen LogP contribution in [0.3, 0.4) is 0 Å². The number of nitrogens with one attached hydrogen (secondary N) is 1. The fraction of sp³-hybridized carbons (Fsp3) is 0.235. The van der Waals surface area contributed by atoms with E-state index in [1.807, 2.05) is 57.2 Å². The minimum absolute atomic E-state index is 0.0283. The maximum absolute atomic E-state index is 11.9. The number of hydrogen-bond acceptors (Lipinski definition) is 3. The Hall–Kier alpha value is -2.49. The number of aryl methyl sites for hydroxylation is 3. The molecular weight excluding hydrogens is 264 g/mol. The highest BCUT2D eigenvalue weighted by Crippen LogP contribution is 2.25. The molecule has 0 aliphatic heterocycles. The second-order valence-electron chi connectivity index (χ2n) is 5.19. The van der Waals surface area contributed by atoms with Crippen LogP contribution >= 0.6 is 0 Å². The largest absolute Gasteiger partial charge is 0.483 e. The fourth-order valence-corrected chi connectivity index (χ4v) is 2.18. The summed E-state index contributed by atoms with van der Waals surface area (Å²) in [6.45, 7) is 5.80. The molecule has 0 bridgehead atoms. The Bertz CT molecular complexity index is 625. The molecule has 0 radical (unpaired) electrons. The summed E-state index contributed by atoms with van der Waals surface area (Å²) in [4.78, 5) is 11.9. The van der Waals surface area contributed by atoms with Crippen molar-refractivity contribution in [3.8, 4) is 5.75 Å². The van der Waals surface area contributed by atoms with Crippen LogP contribution in [0, 0.1) is 20.8 Å². The van der Waals surface area contributed by atoms with Gasteiger partial charge in [-0.15, -0.1) is 0 Å². The summed E-state index contributed by atoms with van der Waals surface area (Å²) in [5.41, 5.74) is 10.2. The SMILES string of the molecule is Cc1ccc(NC(=O)COc2c(C)cc(N)cc2C)cc1. The lowest BCUT2D eigenvalue weighted by Gasteiger charge is -2.13. The van der Waals surface area contributed by atoms with Crippen LogP contribution in [0.4, 0.5) is 11.4 Å². The molecule has 4 nitrogen and oxygen atoms in total. The number of carbonyl (C=O) groups is 1. The van der Waals surface area contributed by atoms with Gasteiger partial charge >= 0.3 is 0 Å². The first-order valence-corrected chi connectivity index (χ1v) is 6.82. The van der Waals surface area contributed by atoms with E-state index >= 15 is 0 Å². The smallest absolute Gasteiger partial charge is 0.262 e. The van der Waals surface area contributed by atoms with Crippen molar-refractivity contribution < 1.29 is 9.53 Å².